The molecule has 4 N–H and O–H groups in total. The fourth-order valence-corrected chi connectivity index (χ4v) is 5.09. The summed E-state index contributed by atoms with van der Waals surface area (Å²) in [5.41, 5.74) is 18.4. The van der Waals surface area contributed by atoms with E-state index >= 15 is 0 Å². The molecule has 176 valence electrons. The maximum absolute atomic E-state index is 6.38. The number of ether oxygens (including phenoxy) is 2. The third kappa shape index (κ3) is 4.89. The largest absolute Gasteiger partial charge is 0.486 e. The van der Waals surface area contributed by atoms with E-state index < -0.39 is 0 Å². The lowest BCUT2D eigenvalue weighted by molar-refractivity contribution is 0.209. The van der Waals surface area contributed by atoms with Crippen LogP contribution in [0.3, 0.4) is 0 Å². The second kappa shape index (κ2) is 9.28. The average molecular weight is 455 g/mol. The van der Waals surface area contributed by atoms with Crippen molar-refractivity contribution in [3.63, 3.8) is 0 Å². The summed E-state index contributed by atoms with van der Waals surface area (Å²) in [6.45, 7) is 3.99. The van der Waals surface area contributed by atoms with Crippen LogP contribution in [0.25, 0.3) is 11.1 Å². The van der Waals surface area contributed by atoms with Crippen molar-refractivity contribution >= 4 is 0 Å². The van der Waals surface area contributed by atoms with E-state index in [-0.39, 0.29) is 17.7 Å². The maximum Gasteiger partial charge on any atom is 0.127 e. The quantitative estimate of drug-likeness (QED) is 0.407. The van der Waals surface area contributed by atoms with Gasteiger partial charge in [-0.05, 0) is 105 Å². The number of nitrogens with two attached hydrogens (primary N) is 2. The van der Waals surface area contributed by atoms with Gasteiger partial charge in [-0.2, -0.15) is 0 Å². The van der Waals surface area contributed by atoms with Gasteiger partial charge in [-0.1, -0.05) is 42.0 Å². The van der Waals surface area contributed by atoms with Crippen LogP contribution in [0.5, 0.6) is 17.2 Å². The van der Waals surface area contributed by atoms with Crippen LogP contribution in [0.2, 0.25) is 0 Å². The standard InChI is InChI=1S/C30H34N2O2/c1-30(2,32)22-10-16-24(17-11-22)33-23-12-6-20(7-13-23)21-8-14-25(15-9-21)34-29-19-18-28(31)26-4-3-5-27(26)29/h6-17,28-29H,3-5,18-19,31-32H2,1-2H3. The Labute approximate surface area is 202 Å². The molecule has 2 unspecified atom stereocenters. The lowest BCUT2D eigenvalue weighted by Gasteiger charge is -2.29. The molecule has 0 saturated carbocycles. The highest BCUT2D eigenvalue weighted by molar-refractivity contribution is 5.65. The van der Waals surface area contributed by atoms with E-state index in [4.69, 9.17) is 20.9 Å². The van der Waals surface area contributed by atoms with E-state index in [9.17, 15) is 0 Å². The molecule has 2 aliphatic rings. The Morgan fingerprint density at radius 1 is 0.706 bits per heavy atom. The monoisotopic (exact) mass is 454 g/mol. The van der Waals surface area contributed by atoms with E-state index in [1.165, 1.54) is 17.6 Å². The molecule has 0 amide bonds. The van der Waals surface area contributed by atoms with Crippen LogP contribution in [-0.4, -0.2) is 12.1 Å². The van der Waals surface area contributed by atoms with Crippen LogP contribution >= 0.6 is 0 Å². The Kier molecular flexibility index (Phi) is 6.20. The van der Waals surface area contributed by atoms with Gasteiger partial charge in [0.05, 0.1) is 0 Å². The van der Waals surface area contributed by atoms with Crippen molar-refractivity contribution in [1.29, 1.82) is 0 Å². The summed E-state index contributed by atoms with van der Waals surface area (Å²) < 4.78 is 12.4. The van der Waals surface area contributed by atoms with E-state index in [1.54, 1.807) is 0 Å². The summed E-state index contributed by atoms with van der Waals surface area (Å²) in [5, 5.41) is 0. The lowest BCUT2D eigenvalue weighted by Crippen LogP contribution is -2.33. The molecule has 3 aromatic rings. The molecule has 4 heteroatoms. The number of benzene rings is 3. The van der Waals surface area contributed by atoms with Crippen LogP contribution in [0.4, 0.5) is 0 Å². The molecule has 0 spiro atoms. The van der Waals surface area contributed by atoms with E-state index in [0.717, 1.165) is 59.6 Å². The fraction of sp³-hybridized carbons (Fsp3) is 0.333. The van der Waals surface area contributed by atoms with Crippen molar-refractivity contribution < 1.29 is 9.47 Å². The van der Waals surface area contributed by atoms with Gasteiger partial charge >= 0.3 is 0 Å². The summed E-state index contributed by atoms with van der Waals surface area (Å²) >= 11 is 0. The first-order valence-electron chi connectivity index (χ1n) is 12.3. The summed E-state index contributed by atoms with van der Waals surface area (Å²) in [7, 11) is 0. The minimum absolute atomic E-state index is 0.185. The van der Waals surface area contributed by atoms with Gasteiger partial charge in [0.1, 0.15) is 23.4 Å². The SMILES string of the molecule is CC(C)(N)c1ccc(Oc2ccc(-c3ccc(OC4CCC(N)C5=C4CCC5)cc3)cc2)cc1. The zero-order valence-electron chi connectivity index (χ0n) is 20.1. The molecule has 0 radical (unpaired) electrons. The molecule has 34 heavy (non-hydrogen) atoms. The van der Waals surface area contributed by atoms with Gasteiger partial charge in [0.15, 0.2) is 0 Å². The third-order valence-electron chi connectivity index (χ3n) is 7.04. The topological polar surface area (TPSA) is 70.5 Å². The zero-order valence-corrected chi connectivity index (χ0v) is 20.1. The van der Waals surface area contributed by atoms with E-state index in [0.29, 0.717) is 0 Å². The van der Waals surface area contributed by atoms with Crippen LogP contribution < -0.4 is 20.9 Å². The predicted octanol–water partition coefficient (Wildman–Crippen LogP) is 6.69. The molecule has 0 saturated heterocycles. The highest BCUT2D eigenvalue weighted by Crippen LogP contribution is 2.38. The Morgan fingerprint density at radius 3 is 1.82 bits per heavy atom. The molecule has 0 heterocycles. The minimum atomic E-state index is -0.360. The molecule has 2 atom stereocenters. The van der Waals surface area contributed by atoms with Crippen molar-refractivity contribution in [2.24, 2.45) is 11.5 Å². The second-order valence-corrected chi connectivity index (χ2v) is 10.1. The first kappa shape index (κ1) is 22.7. The van der Waals surface area contributed by atoms with Gasteiger partial charge in [-0.15, -0.1) is 0 Å². The molecule has 4 nitrogen and oxygen atoms in total. The van der Waals surface area contributed by atoms with Crippen LogP contribution in [-0.2, 0) is 5.54 Å². The summed E-state index contributed by atoms with van der Waals surface area (Å²) in [5.74, 6) is 2.53. The first-order chi connectivity index (χ1) is 16.4. The van der Waals surface area contributed by atoms with Gasteiger partial charge in [-0.25, -0.2) is 0 Å². The first-order valence-corrected chi connectivity index (χ1v) is 12.3. The predicted molar refractivity (Wildman–Crippen MR) is 138 cm³/mol. The number of hydrogen-bond donors (Lipinski definition) is 2. The molecule has 0 aliphatic heterocycles. The smallest absolute Gasteiger partial charge is 0.127 e. The van der Waals surface area contributed by atoms with Gasteiger partial charge in [-0.3, -0.25) is 0 Å². The number of hydrogen-bond acceptors (Lipinski definition) is 4. The molecular weight excluding hydrogens is 420 g/mol. The van der Waals surface area contributed by atoms with Gasteiger partial charge in [0.2, 0.25) is 0 Å². The maximum atomic E-state index is 6.38. The molecule has 0 aromatic heterocycles. The molecule has 2 aliphatic carbocycles. The molecule has 0 bridgehead atoms. The van der Waals surface area contributed by atoms with Gasteiger partial charge < -0.3 is 20.9 Å². The summed E-state index contributed by atoms with van der Waals surface area (Å²) in [4.78, 5) is 0. The minimum Gasteiger partial charge on any atom is -0.486 e. The fourth-order valence-electron chi connectivity index (χ4n) is 5.09. The Balaban J connectivity index is 1.23. The Morgan fingerprint density at radius 2 is 1.24 bits per heavy atom. The molecule has 3 aromatic carbocycles. The highest BCUT2D eigenvalue weighted by atomic mass is 16.5. The lowest BCUT2D eigenvalue weighted by atomic mass is 9.88. The van der Waals surface area contributed by atoms with Crippen LogP contribution in [0, 0.1) is 0 Å². The Bertz CT molecular complexity index is 1160. The van der Waals surface area contributed by atoms with E-state index in [2.05, 4.69) is 36.4 Å². The number of rotatable bonds is 6. The average Bonchev–Trinajstić information content (AvgIpc) is 3.33. The molecule has 5 rings (SSSR count). The third-order valence-corrected chi connectivity index (χ3v) is 7.04. The van der Waals surface area contributed by atoms with Gasteiger partial charge in [0, 0.05) is 11.6 Å². The molecular formula is C30H34N2O2. The van der Waals surface area contributed by atoms with Crippen molar-refractivity contribution in [3.05, 3.63) is 89.5 Å². The van der Waals surface area contributed by atoms with Crippen LogP contribution in [0.1, 0.15) is 51.5 Å². The zero-order chi connectivity index (χ0) is 23.7. The van der Waals surface area contributed by atoms with Crippen molar-refractivity contribution in [2.45, 2.75) is 63.6 Å². The molecule has 0 fully saturated rings. The summed E-state index contributed by atoms with van der Waals surface area (Å²) in [6.07, 6.45) is 5.71. The second-order valence-electron chi connectivity index (χ2n) is 10.1. The van der Waals surface area contributed by atoms with Gasteiger partial charge in [0.25, 0.3) is 0 Å². The van der Waals surface area contributed by atoms with Crippen LogP contribution in [0.15, 0.2) is 83.9 Å². The highest BCUT2D eigenvalue weighted by Gasteiger charge is 2.31. The Hall–Kier alpha value is -3.08. The van der Waals surface area contributed by atoms with Crippen molar-refractivity contribution in [2.75, 3.05) is 0 Å². The van der Waals surface area contributed by atoms with E-state index in [1.807, 2.05) is 50.2 Å². The van der Waals surface area contributed by atoms with Crippen molar-refractivity contribution in [3.8, 4) is 28.4 Å². The summed E-state index contributed by atoms with van der Waals surface area (Å²) in [6, 6.07) is 24.7. The normalized spacial score (nSPS) is 20.2. The van der Waals surface area contributed by atoms with Crippen molar-refractivity contribution in [1.82, 2.24) is 0 Å².